The zero-order valence-corrected chi connectivity index (χ0v) is 31.9. The van der Waals surface area contributed by atoms with Crippen molar-refractivity contribution in [1.82, 2.24) is 20.2 Å². The number of aromatic nitrogens is 2. The van der Waals surface area contributed by atoms with Crippen molar-refractivity contribution in [2.75, 3.05) is 13.1 Å². The number of imidazole rings is 1. The van der Waals surface area contributed by atoms with Crippen LogP contribution in [0.5, 0.6) is 5.75 Å². The molecule has 0 spiro atoms. The average Bonchev–Trinajstić information content (AvgIpc) is 3.62. The Hall–Kier alpha value is -3.58. The number of amides is 2. The first-order valence-electron chi connectivity index (χ1n) is 18.3. The van der Waals surface area contributed by atoms with Gasteiger partial charge in [-0.1, -0.05) is 19.9 Å². The Kier molecular flexibility index (Phi) is 9.80. The molecule has 2 amide bonds. The summed E-state index contributed by atoms with van der Waals surface area (Å²) in [5, 5.41) is 2.72. The number of hydrogen-bond acceptors (Lipinski definition) is 9. The number of carbonyl (C=O) groups is 3. The van der Waals surface area contributed by atoms with Gasteiger partial charge in [-0.15, -0.1) is 0 Å². The minimum absolute atomic E-state index is 0.122. The number of rotatable bonds is 10. The summed E-state index contributed by atoms with van der Waals surface area (Å²) < 4.78 is 30.8. The van der Waals surface area contributed by atoms with Gasteiger partial charge in [0.15, 0.2) is 0 Å². The van der Waals surface area contributed by atoms with Crippen LogP contribution in [0.25, 0.3) is 0 Å². The third kappa shape index (κ3) is 7.79. The highest BCUT2D eigenvalue weighted by molar-refractivity contribution is 6.45. The van der Waals surface area contributed by atoms with Crippen molar-refractivity contribution in [2.24, 2.45) is 17.3 Å². The summed E-state index contributed by atoms with van der Waals surface area (Å²) in [6, 6.07) is 2.96. The molecule has 51 heavy (non-hydrogen) atoms. The number of ether oxygens (including phenoxy) is 3. The fraction of sp³-hybridized carbons (Fsp3) is 0.684. The summed E-state index contributed by atoms with van der Waals surface area (Å²) in [7, 11) is -0.296. The van der Waals surface area contributed by atoms with Crippen LogP contribution in [0, 0.1) is 24.2 Å². The van der Waals surface area contributed by atoms with Gasteiger partial charge in [0, 0.05) is 18.3 Å². The molecule has 0 unspecified atom stereocenters. The molecule has 1 aromatic heterocycles. The van der Waals surface area contributed by atoms with Crippen molar-refractivity contribution < 1.29 is 37.9 Å². The maximum absolute atomic E-state index is 13.7. The van der Waals surface area contributed by atoms with Crippen molar-refractivity contribution >= 4 is 25.1 Å². The Balaban J connectivity index is 1.12. The molecule has 2 N–H and O–H groups in total. The number of nitrogens with zero attached hydrogens (tertiary/aromatic N) is 2. The van der Waals surface area contributed by atoms with Gasteiger partial charge in [-0.3, -0.25) is 4.79 Å². The second-order valence-corrected chi connectivity index (χ2v) is 17.6. The van der Waals surface area contributed by atoms with Crippen molar-refractivity contribution in [1.29, 1.82) is 0 Å². The first kappa shape index (κ1) is 37.2. The minimum Gasteiger partial charge on any atom is -0.486 e. The van der Waals surface area contributed by atoms with Crippen molar-refractivity contribution in [3.8, 4) is 5.75 Å². The Morgan fingerprint density at radius 3 is 2.41 bits per heavy atom. The molecular formula is C38H55BN4O8. The maximum Gasteiger partial charge on any atom is 0.457 e. The minimum atomic E-state index is -0.864. The molecule has 7 rings (SSSR count). The largest absolute Gasteiger partial charge is 0.486 e. The fourth-order valence-electron chi connectivity index (χ4n) is 8.39. The van der Waals surface area contributed by atoms with E-state index in [-0.39, 0.29) is 55.8 Å². The van der Waals surface area contributed by atoms with Crippen LogP contribution in [0.4, 0.5) is 4.79 Å². The van der Waals surface area contributed by atoms with Gasteiger partial charge in [0.2, 0.25) is 5.91 Å². The van der Waals surface area contributed by atoms with Crippen LogP contribution in [-0.2, 0) is 36.4 Å². The number of aromatic amines is 1. The molecule has 2 aromatic rings. The second kappa shape index (κ2) is 13.4. The molecule has 5 atom stereocenters. The molecule has 0 radical (unpaired) electrons. The molecule has 2 saturated heterocycles. The molecule has 12 nitrogen and oxygen atoms in total. The van der Waals surface area contributed by atoms with Crippen LogP contribution in [0.15, 0.2) is 24.7 Å². The van der Waals surface area contributed by atoms with Crippen LogP contribution < -0.4 is 10.1 Å². The first-order chi connectivity index (χ1) is 23.7. The van der Waals surface area contributed by atoms with Gasteiger partial charge in [0.1, 0.15) is 34.7 Å². The molecule has 3 aliphatic carbocycles. The summed E-state index contributed by atoms with van der Waals surface area (Å²) >= 11 is 0. The van der Waals surface area contributed by atoms with Gasteiger partial charge < -0.3 is 38.7 Å². The topological polar surface area (TPSA) is 141 Å². The number of likely N-dealkylation sites (tertiary alicyclic amines) is 1. The highest BCUT2D eigenvalue weighted by Gasteiger charge is 2.67. The molecule has 5 aliphatic rings. The smallest absolute Gasteiger partial charge is 0.457 e. The van der Waals surface area contributed by atoms with Crippen LogP contribution in [0.2, 0.25) is 6.32 Å². The summed E-state index contributed by atoms with van der Waals surface area (Å²) in [5.41, 5.74) is 1.48. The highest BCUT2D eigenvalue weighted by Crippen LogP contribution is 2.65. The van der Waals surface area contributed by atoms with E-state index in [2.05, 4.69) is 36.1 Å². The molecule has 5 fully saturated rings. The Morgan fingerprint density at radius 1 is 1.08 bits per heavy atom. The van der Waals surface area contributed by atoms with Crippen molar-refractivity contribution in [2.45, 2.75) is 136 Å². The summed E-state index contributed by atoms with van der Waals surface area (Å²) in [6.07, 6.45) is 6.05. The molecule has 278 valence electrons. The SMILES string of the molecule is Cc1c(CCB2O[C@@H]3C[C@@H]4C[C@@H](C4(C)C)[C@]3(C)O2)ccc(OC2CN(C(=O)[C@@H](Cc3cnc[nH]3)NC(=O)OC(C)(C)C)C2)c1C(=O)OC(C)(C)C. The zero-order valence-electron chi connectivity index (χ0n) is 31.9. The zero-order chi connectivity index (χ0) is 37.1. The van der Waals surface area contributed by atoms with E-state index in [1.807, 2.05) is 39.8 Å². The van der Waals surface area contributed by atoms with E-state index in [4.69, 9.17) is 23.5 Å². The van der Waals surface area contributed by atoms with E-state index in [1.165, 1.54) is 12.7 Å². The number of hydrogen-bond donors (Lipinski definition) is 2. The molecule has 13 heteroatoms. The predicted octanol–water partition coefficient (Wildman–Crippen LogP) is 5.67. The number of H-pyrrole nitrogens is 1. The van der Waals surface area contributed by atoms with E-state index >= 15 is 0 Å². The average molecular weight is 707 g/mol. The Bertz CT molecular complexity index is 1630. The third-order valence-corrected chi connectivity index (χ3v) is 11.2. The number of nitrogens with one attached hydrogen (secondary N) is 2. The van der Waals surface area contributed by atoms with E-state index in [0.29, 0.717) is 41.6 Å². The lowest BCUT2D eigenvalue weighted by Crippen LogP contribution is -2.65. The Morgan fingerprint density at radius 2 is 1.78 bits per heavy atom. The molecule has 2 bridgehead atoms. The molecule has 3 saturated carbocycles. The third-order valence-electron chi connectivity index (χ3n) is 11.2. The lowest BCUT2D eigenvalue weighted by Gasteiger charge is -2.64. The van der Waals surface area contributed by atoms with E-state index < -0.39 is 29.3 Å². The van der Waals surface area contributed by atoms with E-state index in [1.54, 1.807) is 31.9 Å². The molecular weight excluding hydrogens is 651 g/mol. The molecule has 2 aliphatic heterocycles. The lowest BCUT2D eigenvalue weighted by molar-refractivity contribution is -0.199. The number of esters is 1. The normalized spacial score (nSPS) is 26.0. The van der Waals surface area contributed by atoms with Crippen molar-refractivity contribution in [3.05, 3.63) is 47.0 Å². The van der Waals surface area contributed by atoms with Gasteiger partial charge in [0.05, 0.1) is 31.1 Å². The second-order valence-electron chi connectivity index (χ2n) is 17.6. The van der Waals surface area contributed by atoms with E-state index in [0.717, 1.165) is 17.5 Å². The lowest BCUT2D eigenvalue weighted by atomic mass is 9.43. The van der Waals surface area contributed by atoms with E-state index in [9.17, 15) is 14.4 Å². The molecule has 3 heterocycles. The van der Waals surface area contributed by atoms with Gasteiger partial charge in [0.25, 0.3) is 0 Å². The number of benzene rings is 1. The monoisotopic (exact) mass is 706 g/mol. The number of carbonyl (C=O) groups excluding carboxylic acids is 3. The quantitative estimate of drug-likeness (QED) is 0.236. The van der Waals surface area contributed by atoms with Gasteiger partial charge >= 0.3 is 19.2 Å². The number of alkyl carbamates (subject to hydrolysis) is 1. The van der Waals surface area contributed by atoms with Crippen LogP contribution >= 0.6 is 0 Å². The number of aryl methyl sites for hydroxylation is 1. The van der Waals surface area contributed by atoms with Gasteiger partial charge in [-0.05, 0) is 115 Å². The van der Waals surface area contributed by atoms with Crippen molar-refractivity contribution in [3.63, 3.8) is 0 Å². The van der Waals surface area contributed by atoms with Crippen LogP contribution in [0.1, 0.15) is 102 Å². The summed E-state index contributed by atoms with van der Waals surface area (Å²) in [4.78, 5) is 48.5. The first-order valence-corrected chi connectivity index (χ1v) is 18.3. The van der Waals surface area contributed by atoms with Gasteiger partial charge in [-0.25, -0.2) is 14.6 Å². The fourth-order valence-corrected chi connectivity index (χ4v) is 8.39. The van der Waals surface area contributed by atoms with Crippen LogP contribution in [-0.4, -0.2) is 88.1 Å². The summed E-state index contributed by atoms with van der Waals surface area (Å²) in [6.45, 7) is 20.3. The van der Waals surface area contributed by atoms with Crippen LogP contribution in [0.3, 0.4) is 0 Å². The van der Waals surface area contributed by atoms with Gasteiger partial charge in [-0.2, -0.15) is 0 Å². The molecule has 1 aromatic carbocycles. The maximum atomic E-state index is 13.7. The Labute approximate surface area is 302 Å². The highest BCUT2D eigenvalue weighted by atomic mass is 16.7. The predicted molar refractivity (Wildman–Crippen MR) is 191 cm³/mol. The standard InChI is InChI=1S/C38H55BN4O8/c1-22-23(13-14-39-50-30-16-24-15-29(37(24,8)9)38(30,10)51-39)11-12-28(31(22)33(45)48-35(2,3)4)47-26-19-43(20-26)32(44)27(17-25-18-40-21-41-25)42-34(46)49-36(5,6)7/h11-12,18,21,24,26-27,29-30H,13-17,19-20H2,1-10H3,(H,40,41)(H,42,46)/t24-,27+,29-,30+,38-/m0/s1. The summed E-state index contributed by atoms with van der Waals surface area (Å²) in [5.74, 6) is 0.876.